The first-order valence-corrected chi connectivity index (χ1v) is 7.36. The van der Waals surface area contributed by atoms with E-state index in [0.29, 0.717) is 22.3 Å². The van der Waals surface area contributed by atoms with Crippen LogP contribution >= 0.6 is 0 Å². The van der Waals surface area contributed by atoms with Gasteiger partial charge in [-0.25, -0.2) is 4.79 Å². The molecule has 1 amide bonds. The number of carbonyl (C=O) groups is 2. The Morgan fingerprint density at radius 1 is 1.16 bits per heavy atom. The van der Waals surface area contributed by atoms with Crippen LogP contribution in [0.4, 0.5) is 11.4 Å². The monoisotopic (exact) mass is 337 g/mol. The maximum atomic E-state index is 11.5. The van der Waals surface area contributed by atoms with Gasteiger partial charge < -0.3 is 20.9 Å². The number of nitrogens with zero attached hydrogens (tertiary/aromatic N) is 1. The number of nitrogens with one attached hydrogen (secondary N) is 1. The lowest BCUT2D eigenvalue weighted by atomic mass is 10.0. The summed E-state index contributed by atoms with van der Waals surface area (Å²) in [7, 11) is 1.57. The van der Waals surface area contributed by atoms with Gasteiger partial charge in [-0.1, -0.05) is 6.07 Å². The standard InChI is InChI=1S/C18H15N3O4/c1-25-11-4-2-3-10(7-11)21-15-5-6-20-16-9-12(17(19)22)13(18(23)24)8-14(15)16/h2-9H,1H3,(H2,19,22)(H,20,21)(H,23,24). The van der Waals surface area contributed by atoms with Gasteiger partial charge in [-0.2, -0.15) is 0 Å². The summed E-state index contributed by atoms with van der Waals surface area (Å²) >= 11 is 0. The second-order valence-electron chi connectivity index (χ2n) is 5.30. The summed E-state index contributed by atoms with van der Waals surface area (Å²) in [6, 6.07) is 11.8. The van der Waals surface area contributed by atoms with Gasteiger partial charge in [0.05, 0.1) is 23.8 Å². The zero-order valence-electron chi connectivity index (χ0n) is 13.3. The van der Waals surface area contributed by atoms with Crippen LogP contribution in [0.1, 0.15) is 20.7 Å². The van der Waals surface area contributed by atoms with Crippen LogP contribution < -0.4 is 15.8 Å². The molecule has 3 rings (SSSR count). The summed E-state index contributed by atoms with van der Waals surface area (Å²) in [6.07, 6.45) is 1.57. The molecule has 7 nitrogen and oxygen atoms in total. The number of amides is 1. The normalized spacial score (nSPS) is 10.4. The summed E-state index contributed by atoms with van der Waals surface area (Å²) in [5.41, 5.74) is 6.92. The van der Waals surface area contributed by atoms with Crippen LogP contribution in [0.2, 0.25) is 0 Å². The molecule has 0 saturated carbocycles. The number of rotatable bonds is 5. The van der Waals surface area contributed by atoms with Crippen molar-refractivity contribution in [2.45, 2.75) is 0 Å². The molecule has 1 heterocycles. The van der Waals surface area contributed by atoms with Crippen molar-refractivity contribution in [1.82, 2.24) is 4.98 Å². The van der Waals surface area contributed by atoms with E-state index in [4.69, 9.17) is 10.5 Å². The van der Waals surface area contributed by atoms with E-state index in [1.807, 2.05) is 24.3 Å². The Hall–Kier alpha value is -3.61. The molecular weight excluding hydrogens is 322 g/mol. The summed E-state index contributed by atoms with van der Waals surface area (Å²) in [5.74, 6) is -1.36. The predicted molar refractivity (Wildman–Crippen MR) is 93.5 cm³/mol. The molecule has 0 aliphatic carbocycles. The number of carbonyl (C=O) groups excluding carboxylic acids is 1. The minimum Gasteiger partial charge on any atom is -0.497 e. The topological polar surface area (TPSA) is 115 Å². The van der Waals surface area contributed by atoms with Gasteiger partial charge in [0, 0.05) is 29.0 Å². The average Bonchev–Trinajstić information content (AvgIpc) is 2.61. The quantitative estimate of drug-likeness (QED) is 0.659. The number of aromatic nitrogens is 1. The Balaban J connectivity index is 2.14. The molecule has 0 unspecified atom stereocenters. The summed E-state index contributed by atoms with van der Waals surface area (Å²) in [4.78, 5) is 27.2. The third-order valence-corrected chi connectivity index (χ3v) is 3.73. The van der Waals surface area contributed by atoms with Gasteiger partial charge >= 0.3 is 5.97 Å². The van der Waals surface area contributed by atoms with Crippen LogP contribution in [-0.4, -0.2) is 29.1 Å². The highest BCUT2D eigenvalue weighted by molar-refractivity contribution is 6.09. The minimum atomic E-state index is -1.23. The molecule has 4 N–H and O–H groups in total. The number of aromatic carboxylic acids is 1. The van der Waals surface area contributed by atoms with Crippen molar-refractivity contribution in [2.24, 2.45) is 5.73 Å². The second-order valence-corrected chi connectivity index (χ2v) is 5.30. The Bertz CT molecular complexity index is 985. The van der Waals surface area contributed by atoms with Crippen molar-refractivity contribution in [3.63, 3.8) is 0 Å². The number of nitrogens with two attached hydrogens (primary N) is 1. The number of benzene rings is 2. The molecule has 25 heavy (non-hydrogen) atoms. The van der Waals surface area contributed by atoms with Gasteiger partial charge in [-0.05, 0) is 30.3 Å². The lowest BCUT2D eigenvalue weighted by molar-refractivity contribution is 0.0692. The van der Waals surface area contributed by atoms with Crippen LogP contribution in [0.5, 0.6) is 5.75 Å². The number of ether oxygens (including phenoxy) is 1. The van der Waals surface area contributed by atoms with Gasteiger partial charge in [-0.3, -0.25) is 9.78 Å². The predicted octanol–water partition coefficient (Wildman–Crippen LogP) is 2.78. The van der Waals surface area contributed by atoms with Crippen molar-refractivity contribution in [1.29, 1.82) is 0 Å². The first-order valence-electron chi connectivity index (χ1n) is 7.36. The van der Waals surface area contributed by atoms with E-state index in [2.05, 4.69) is 10.3 Å². The Kier molecular flexibility index (Phi) is 4.21. The summed E-state index contributed by atoms with van der Waals surface area (Å²) in [5, 5.41) is 13.1. The molecule has 0 fully saturated rings. The number of anilines is 2. The van der Waals surface area contributed by atoms with E-state index in [1.54, 1.807) is 19.4 Å². The fourth-order valence-electron chi connectivity index (χ4n) is 2.54. The summed E-state index contributed by atoms with van der Waals surface area (Å²) in [6.45, 7) is 0. The first-order chi connectivity index (χ1) is 12.0. The van der Waals surface area contributed by atoms with E-state index < -0.39 is 11.9 Å². The molecule has 0 radical (unpaired) electrons. The molecule has 0 saturated heterocycles. The average molecular weight is 337 g/mol. The van der Waals surface area contributed by atoms with Gasteiger partial charge in [0.25, 0.3) is 0 Å². The van der Waals surface area contributed by atoms with E-state index in [0.717, 1.165) is 5.69 Å². The van der Waals surface area contributed by atoms with Gasteiger partial charge in [0.15, 0.2) is 0 Å². The highest BCUT2D eigenvalue weighted by Crippen LogP contribution is 2.29. The van der Waals surface area contributed by atoms with E-state index in [-0.39, 0.29) is 11.1 Å². The van der Waals surface area contributed by atoms with Crippen LogP contribution in [0.15, 0.2) is 48.7 Å². The molecule has 126 valence electrons. The van der Waals surface area contributed by atoms with Crippen molar-refractivity contribution in [2.75, 3.05) is 12.4 Å². The summed E-state index contributed by atoms with van der Waals surface area (Å²) < 4.78 is 5.19. The smallest absolute Gasteiger partial charge is 0.336 e. The maximum Gasteiger partial charge on any atom is 0.336 e. The molecule has 3 aromatic rings. The SMILES string of the molecule is COc1cccc(Nc2ccnc3cc(C(N)=O)c(C(=O)O)cc23)c1. The number of methoxy groups -OCH3 is 1. The number of fused-ring (bicyclic) bond motifs is 1. The lowest BCUT2D eigenvalue weighted by Crippen LogP contribution is -2.16. The Morgan fingerprint density at radius 2 is 1.96 bits per heavy atom. The van der Waals surface area contributed by atoms with Crippen LogP contribution in [0, 0.1) is 0 Å². The number of hydrogen-bond donors (Lipinski definition) is 3. The van der Waals surface area contributed by atoms with Crippen molar-refractivity contribution >= 4 is 34.2 Å². The number of carboxylic acid groups (broad SMARTS) is 1. The number of primary amides is 1. The lowest BCUT2D eigenvalue weighted by Gasteiger charge is -2.12. The van der Waals surface area contributed by atoms with Crippen molar-refractivity contribution < 1.29 is 19.4 Å². The zero-order chi connectivity index (χ0) is 18.0. The van der Waals surface area contributed by atoms with Crippen molar-refractivity contribution in [3.8, 4) is 5.75 Å². The van der Waals surface area contributed by atoms with E-state index >= 15 is 0 Å². The van der Waals surface area contributed by atoms with Gasteiger partial charge in [0.1, 0.15) is 5.75 Å². The molecule has 0 atom stereocenters. The number of carboxylic acids is 1. The number of hydrogen-bond acceptors (Lipinski definition) is 5. The Morgan fingerprint density at radius 3 is 2.64 bits per heavy atom. The van der Waals surface area contributed by atoms with E-state index in [9.17, 15) is 14.7 Å². The minimum absolute atomic E-state index is 0.0777. The third kappa shape index (κ3) is 3.20. The van der Waals surface area contributed by atoms with Crippen LogP contribution in [0.3, 0.4) is 0 Å². The highest BCUT2D eigenvalue weighted by atomic mass is 16.5. The number of pyridine rings is 1. The maximum absolute atomic E-state index is 11.5. The van der Waals surface area contributed by atoms with Crippen molar-refractivity contribution in [3.05, 3.63) is 59.8 Å². The first kappa shape index (κ1) is 16.3. The molecule has 2 aromatic carbocycles. The fourth-order valence-corrected chi connectivity index (χ4v) is 2.54. The molecule has 1 aromatic heterocycles. The molecular formula is C18H15N3O4. The molecule has 0 aliphatic rings. The molecule has 0 bridgehead atoms. The van der Waals surface area contributed by atoms with E-state index in [1.165, 1.54) is 12.1 Å². The highest BCUT2D eigenvalue weighted by Gasteiger charge is 2.17. The molecule has 0 aliphatic heterocycles. The molecule has 7 heteroatoms. The second kappa shape index (κ2) is 6.48. The van der Waals surface area contributed by atoms with Crippen LogP contribution in [0.25, 0.3) is 10.9 Å². The molecule has 0 spiro atoms. The van der Waals surface area contributed by atoms with Gasteiger partial charge in [0.2, 0.25) is 5.91 Å². The van der Waals surface area contributed by atoms with Gasteiger partial charge in [-0.15, -0.1) is 0 Å². The fraction of sp³-hybridized carbons (Fsp3) is 0.0556. The Labute approximate surface area is 143 Å². The largest absolute Gasteiger partial charge is 0.497 e. The van der Waals surface area contributed by atoms with Crippen LogP contribution in [-0.2, 0) is 0 Å². The third-order valence-electron chi connectivity index (χ3n) is 3.73. The zero-order valence-corrected chi connectivity index (χ0v) is 13.3.